The molecule has 0 radical (unpaired) electrons. The number of benzene rings is 1. The number of aryl methyl sites for hydroxylation is 2. The molecule has 1 atom stereocenters. The van der Waals surface area contributed by atoms with Crippen LogP contribution in [0.3, 0.4) is 0 Å². The average Bonchev–Trinajstić information content (AvgIpc) is 3.41. The van der Waals surface area contributed by atoms with Crippen molar-refractivity contribution in [2.45, 2.75) is 44.9 Å². The molecule has 35 heavy (non-hydrogen) atoms. The Balaban J connectivity index is 1.70. The molecule has 2 amide bonds. The van der Waals surface area contributed by atoms with Crippen LogP contribution in [0.2, 0.25) is 0 Å². The van der Waals surface area contributed by atoms with Crippen LogP contribution in [0.4, 0.5) is 5.13 Å². The first-order valence-corrected chi connectivity index (χ1v) is 14.3. The standard InChI is InChI=1S/C23H30N6O3S3/c1-6-29-20(18(11-12-33-5)25-21(31)16-7-9-17(32-4)10-8-16)27-28-23(29)34-13-19(30)26-22-24-14(2)15(3)35-22/h7-10,18H,6,11-13H2,1-5H3,(H,25,31)(H,24,26,30). The smallest absolute Gasteiger partial charge is 0.251 e. The van der Waals surface area contributed by atoms with E-state index in [2.05, 4.69) is 25.8 Å². The zero-order valence-electron chi connectivity index (χ0n) is 20.5. The maximum absolute atomic E-state index is 12.9. The van der Waals surface area contributed by atoms with Gasteiger partial charge in [-0.2, -0.15) is 11.8 Å². The molecule has 2 heterocycles. The molecule has 0 aliphatic rings. The van der Waals surface area contributed by atoms with Crippen molar-refractivity contribution in [3.05, 3.63) is 46.2 Å². The first-order chi connectivity index (χ1) is 16.9. The highest BCUT2D eigenvalue weighted by atomic mass is 32.2. The largest absolute Gasteiger partial charge is 0.497 e. The van der Waals surface area contributed by atoms with Crippen LogP contribution in [0.1, 0.15) is 46.1 Å². The maximum atomic E-state index is 12.9. The molecule has 188 valence electrons. The Labute approximate surface area is 217 Å². The molecule has 1 aromatic carbocycles. The minimum atomic E-state index is -0.311. The minimum absolute atomic E-state index is 0.150. The fourth-order valence-corrected chi connectivity index (χ4v) is 5.37. The molecule has 0 bridgehead atoms. The predicted molar refractivity (Wildman–Crippen MR) is 143 cm³/mol. The molecule has 0 aliphatic heterocycles. The van der Waals surface area contributed by atoms with Crippen LogP contribution in [-0.4, -0.2) is 56.4 Å². The van der Waals surface area contributed by atoms with Gasteiger partial charge in [0.15, 0.2) is 16.1 Å². The van der Waals surface area contributed by atoms with Gasteiger partial charge in [0.05, 0.1) is 24.6 Å². The summed E-state index contributed by atoms with van der Waals surface area (Å²) in [5.41, 5.74) is 1.46. The Morgan fingerprint density at radius 2 is 1.94 bits per heavy atom. The number of methoxy groups -OCH3 is 1. The number of carbonyl (C=O) groups excluding carboxylic acids is 2. The molecular weight excluding hydrogens is 504 g/mol. The Kier molecular flexibility index (Phi) is 9.99. The van der Waals surface area contributed by atoms with E-state index in [4.69, 9.17) is 4.74 Å². The fraction of sp³-hybridized carbons (Fsp3) is 0.435. The maximum Gasteiger partial charge on any atom is 0.251 e. The Hall–Kier alpha value is -2.57. The summed E-state index contributed by atoms with van der Waals surface area (Å²) in [7, 11) is 1.59. The number of hydrogen-bond donors (Lipinski definition) is 2. The second-order valence-corrected chi connectivity index (χ2v) is 10.7. The second kappa shape index (κ2) is 12.9. The molecule has 2 N–H and O–H groups in total. The lowest BCUT2D eigenvalue weighted by Crippen LogP contribution is -2.31. The van der Waals surface area contributed by atoms with E-state index >= 15 is 0 Å². The van der Waals surface area contributed by atoms with Crippen molar-refractivity contribution in [1.29, 1.82) is 0 Å². The molecule has 3 aromatic rings. The number of amides is 2. The van der Waals surface area contributed by atoms with Crippen molar-refractivity contribution in [3.8, 4) is 5.75 Å². The number of thiazole rings is 1. The number of anilines is 1. The van der Waals surface area contributed by atoms with Crippen molar-refractivity contribution < 1.29 is 14.3 Å². The van der Waals surface area contributed by atoms with Gasteiger partial charge in [0, 0.05) is 17.0 Å². The highest BCUT2D eigenvalue weighted by molar-refractivity contribution is 7.99. The zero-order valence-corrected chi connectivity index (χ0v) is 22.9. The van der Waals surface area contributed by atoms with Gasteiger partial charge in [0.25, 0.3) is 5.91 Å². The Morgan fingerprint density at radius 3 is 2.54 bits per heavy atom. The predicted octanol–water partition coefficient (Wildman–Crippen LogP) is 4.33. The van der Waals surface area contributed by atoms with Crippen LogP contribution in [0, 0.1) is 13.8 Å². The van der Waals surface area contributed by atoms with E-state index in [-0.39, 0.29) is 23.6 Å². The average molecular weight is 535 g/mol. The summed E-state index contributed by atoms with van der Waals surface area (Å²) < 4.78 is 7.13. The van der Waals surface area contributed by atoms with Crippen molar-refractivity contribution in [1.82, 2.24) is 25.1 Å². The highest BCUT2D eigenvalue weighted by Crippen LogP contribution is 2.25. The third-order valence-corrected chi connectivity index (χ3v) is 7.85. The van der Waals surface area contributed by atoms with E-state index < -0.39 is 0 Å². The number of rotatable bonds is 12. The minimum Gasteiger partial charge on any atom is -0.497 e. The monoisotopic (exact) mass is 534 g/mol. The summed E-state index contributed by atoms with van der Waals surface area (Å²) in [6, 6.07) is 6.67. The molecule has 1 unspecified atom stereocenters. The molecule has 3 rings (SSSR count). The highest BCUT2D eigenvalue weighted by Gasteiger charge is 2.23. The summed E-state index contributed by atoms with van der Waals surface area (Å²) in [5.74, 6) is 2.06. The number of ether oxygens (including phenoxy) is 1. The van der Waals surface area contributed by atoms with Gasteiger partial charge in [0.2, 0.25) is 5.91 Å². The van der Waals surface area contributed by atoms with Crippen LogP contribution < -0.4 is 15.4 Å². The third kappa shape index (κ3) is 7.21. The molecule has 0 aliphatic carbocycles. The van der Waals surface area contributed by atoms with E-state index in [0.717, 1.165) is 16.3 Å². The number of nitrogens with one attached hydrogen (secondary N) is 2. The van der Waals surface area contributed by atoms with Crippen molar-refractivity contribution >= 4 is 51.8 Å². The molecular formula is C23H30N6O3S3. The molecule has 0 fully saturated rings. The van der Waals surface area contributed by atoms with Crippen LogP contribution in [0.5, 0.6) is 5.75 Å². The van der Waals surface area contributed by atoms with Gasteiger partial charge < -0.3 is 19.9 Å². The van der Waals surface area contributed by atoms with Gasteiger partial charge in [-0.15, -0.1) is 21.5 Å². The van der Waals surface area contributed by atoms with Gasteiger partial charge >= 0.3 is 0 Å². The lowest BCUT2D eigenvalue weighted by molar-refractivity contribution is -0.113. The van der Waals surface area contributed by atoms with Crippen molar-refractivity contribution in [3.63, 3.8) is 0 Å². The number of hydrogen-bond acceptors (Lipinski definition) is 9. The van der Waals surface area contributed by atoms with Gasteiger partial charge in [-0.05, 0) is 63.5 Å². The van der Waals surface area contributed by atoms with Gasteiger partial charge in [0.1, 0.15) is 5.75 Å². The first-order valence-electron chi connectivity index (χ1n) is 11.1. The summed E-state index contributed by atoms with van der Waals surface area (Å²) in [5, 5.41) is 15.9. The molecule has 0 spiro atoms. The van der Waals surface area contributed by atoms with Crippen LogP contribution in [0.15, 0.2) is 29.4 Å². The van der Waals surface area contributed by atoms with Gasteiger partial charge in [-0.1, -0.05) is 11.8 Å². The summed E-state index contributed by atoms with van der Waals surface area (Å²) in [4.78, 5) is 30.8. The number of carbonyl (C=O) groups is 2. The lowest BCUT2D eigenvalue weighted by atomic mass is 10.1. The molecule has 0 saturated carbocycles. The van der Waals surface area contributed by atoms with E-state index in [1.54, 1.807) is 43.1 Å². The lowest BCUT2D eigenvalue weighted by Gasteiger charge is -2.19. The molecule has 0 saturated heterocycles. The van der Waals surface area contributed by atoms with E-state index in [0.29, 0.717) is 40.4 Å². The van der Waals surface area contributed by atoms with Crippen molar-refractivity contribution in [2.75, 3.05) is 30.2 Å². The van der Waals surface area contributed by atoms with E-state index in [1.807, 2.05) is 31.6 Å². The van der Waals surface area contributed by atoms with Crippen LogP contribution >= 0.6 is 34.9 Å². The summed E-state index contributed by atoms with van der Waals surface area (Å²) >= 11 is 4.47. The first kappa shape index (κ1) is 27.0. The molecule has 2 aromatic heterocycles. The third-order valence-electron chi connectivity index (χ3n) is 5.25. The van der Waals surface area contributed by atoms with E-state index in [1.165, 1.54) is 23.1 Å². The van der Waals surface area contributed by atoms with Gasteiger partial charge in [-0.3, -0.25) is 9.59 Å². The zero-order chi connectivity index (χ0) is 25.4. The van der Waals surface area contributed by atoms with Crippen molar-refractivity contribution in [2.24, 2.45) is 0 Å². The second-order valence-electron chi connectivity index (χ2n) is 7.62. The molecule has 9 nitrogen and oxygen atoms in total. The Morgan fingerprint density at radius 1 is 1.20 bits per heavy atom. The van der Waals surface area contributed by atoms with Gasteiger partial charge in [-0.25, -0.2) is 4.98 Å². The van der Waals surface area contributed by atoms with Crippen LogP contribution in [0.25, 0.3) is 0 Å². The summed E-state index contributed by atoms with van der Waals surface area (Å²) in [6.45, 7) is 6.51. The summed E-state index contributed by atoms with van der Waals surface area (Å²) in [6.07, 6.45) is 2.73. The number of thioether (sulfide) groups is 2. The number of aromatic nitrogens is 4. The van der Waals surface area contributed by atoms with Crippen LogP contribution in [-0.2, 0) is 11.3 Å². The number of nitrogens with zero attached hydrogens (tertiary/aromatic N) is 4. The fourth-order valence-electron chi connectivity index (χ4n) is 3.26. The topological polar surface area (TPSA) is 111 Å². The molecule has 12 heteroatoms. The normalized spacial score (nSPS) is 11.8. The van der Waals surface area contributed by atoms with E-state index in [9.17, 15) is 9.59 Å². The SMILES string of the molecule is CCn1c(SCC(=O)Nc2nc(C)c(C)s2)nnc1C(CCSC)NC(=O)c1ccc(OC)cc1. The Bertz CT molecular complexity index is 1130. The quantitative estimate of drug-likeness (QED) is 0.330.